The summed E-state index contributed by atoms with van der Waals surface area (Å²) in [5.41, 5.74) is 3.67. The molecule has 0 radical (unpaired) electrons. The van der Waals surface area contributed by atoms with Crippen molar-refractivity contribution in [3.05, 3.63) is 59.5 Å². The number of nitrogens with zero attached hydrogens (tertiary/aromatic N) is 5. The maximum Gasteiger partial charge on any atom is 0.222 e. The zero-order chi connectivity index (χ0) is 18.1. The van der Waals surface area contributed by atoms with Crippen molar-refractivity contribution in [3.8, 4) is 0 Å². The van der Waals surface area contributed by atoms with Crippen LogP contribution in [0.4, 0.5) is 0 Å². The molecule has 0 aliphatic heterocycles. The van der Waals surface area contributed by atoms with Crippen molar-refractivity contribution >= 4 is 22.5 Å². The van der Waals surface area contributed by atoms with Crippen LogP contribution in [0.3, 0.4) is 0 Å². The highest BCUT2D eigenvalue weighted by atomic mass is 16.3. The Hall–Kier alpha value is -3.22. The molecule has 0 spiro atoms. The summed E-state index contributed by atoms with van der Waals surface area (Å²) in [6.07, 6.45) is 2.04. The van der Waals surface area contributed by atoms with Crippen LogP contribution in [-0.2, 0) is 17.9 Å². The van der Waals surface area contributed by atoms with E-state index in [9.17, 15) is 4.79 Å². The maximum absolute atomic E-state index is 12.5. The largest absolute Gasteiger partial charge is 0.467 e. The van der Waals surface area contributed by atoms with Crippen LogP contribution in [0, 0.1) is 6.92 Å². The van der Waals surface area contributed by atoms with Crippen molar-refractivity contribution in [2.45, 2.75) is 33.4 Å². The molecule has 0 fully saturated rings. The molecule has 0 unspecified atom stereocenters. The molecule has 3 heterocycles. The lowest BCUT2D eigenvalue weighted by atomic mass is 10.1. The molecule has 0 saturated carbocycles. The van der Waals surface area contributed by atoms with E-state index in [1.165, 1.54) is 0 Å². The highest BCUT2D eigenvalue weighted by Gasteiger charge is 2.18. The second-order valence-electron chi connectivity index (χ2n) is 6.33. The molecular formula is C19H19N5O2. The molecule has 0 aliphatic rings. The SMILES string of the molecule is CCC(=O)N(Cc1ccco1)Cc1cc2cc(C)ccc2n2nnnc12. The van der Waals surface area contributed by atoms with Crippen LogP contribution in [0.2, 0.25) is 0 Å². The highest BCUT2D eigenvalue weighted by Crippen LogP contribution is 2.22. The minimum atomic E-state index is 0.0522. The number of pyridine rings is 1. The van der Waals surface area contributed by atoms with E-state index in [0.717, 1.165) is 27.8 Å². The standard InChI is InChI=1S/C19H19N5O2/c1-3-18(25)23(12-16-5-4-8-26-16)11-15-10-14-9-13(2)6-7-17(14)24-19(15)20-21-22-24/h4-10H,3,11-12H2,1-2H3. The first-order valence-electron chi connectivity index (χ1n) is 8.56. The Morgan fingerprint density at radius 2 is 2.12 bits per heavy atom. The molecule has 0 N–H and O–H groups in total. The summed E-state index contributed by atoms with van der Waals surface area (Å²) < 4.78 is 7.14. The number of amides is 1. The number of tetrazole rings is 1. The third-order valence-corrected chi connectivity index (χ3v) is 4.44. The Morgan fingerprint density at radius 1 is 1.23 bits per heavy atom. The number of benzene rings is 1. The number of hydrogen-bond acceptors (Lipinski definition) is 5. The number of carbonyl (C=O) groups is 1. The molecule has 4 rings (SSSR count). The van der Waals surface area contributed by atoms with Crippen molar-refractivity contribution in [1.82, 2.24) is 24.9 Å². The van der Waals surface area contributed by atoms with Crippen LogP contribution < -0.4 is 0 Å². The number of aryl methyl sites for hydroxylation is 1. The lowest BCUT2D eigenvalue weighted by Gasteiger charge is -2.21. The second-order valence-corrected chi connectivity index (χ2v) is 6.33. The summed E-state index contributed by atoms with van der Waals surface area (Å²) in [5.74, 6) is 0.801. The summed E-state index contributed by atoms with van der Waals surface area (Å²) in [7, 11) is 0. The van der Waals surface area contributed by atoms with Gasteiger partial charge < -0.3 is 9.32 Å². The van der Waals surface area contributed by atoms with Crippen molar-refractivity contribution < 1.29 is 9.21 Å². The molecule has 132 valence electrons. The van der Waals surface area contributed by atoms with Crippen molar-refractivity contribution in [2.75, 3.05) is 0 Å². The van der Waals surface area contributed by atoms with Gasteiger partial charge in [0.15, 0.2) is 5.65 Å². The van der Waals surface area contributed by atoms with E-state index in [2.05, 4.69) is 27.7 Å². The van der Waals surface area contributed by atoms with E-state index in [1.54, 1.807) is 15.7 Å². The third kappa shape index (κ3) is 2.92. The minimum Gasteiger partial charge on any atom is -0.467 e. The zero-order valence-corrected chi connectivity index (χ0v) is 14.7. The first-order chi connectivity index (χ1) is 12.7. The van der Waals surface area contributed by atoms with Gasteiger partial charge in [0.25, 0.3) is 0 Å². The first kappa shape index (κ1) is 16.3. The quantitative estimate of drug-likeness (QED) is 0.553. The Balaban J connectivity index is 1.78. The predicted octanol–water partition coefficient (Wildman–Crippen LogP) is 3.12. The molecule has 0 bridgehead atoms. The van der Waals surface area contributed by atoms with Crippen LogP contribution in [0.15, 0.2) is 47.1 Å². The van der Waals surface area contributed by atoms with E-state index in [0.29, 0.717) is 25.2 Å². The predicted molar refractivity (Wildman–Crippen MR) is 96.3 cm³/mol. The van der Waals surface area contributed by atoms with Gasteiger partial charge in [-0.25, -0.2) is 0 Å². The Bertz CT molecular complexity index is 1070. The number of hydrogen-bond donors (Lipinski definition) is 0. The number of rotatable bonds is 5. The monoisotopic (exact) mass is 349 g/mol. The van der Waals surface area contributed by atoms with Gasteiger partial charge in [-0.1, -0.05) is 18.6 Å². The first-order valence-corrected chi connectivity index (χ1v) is 8.56. The van der Waals surface area contributed by atoms with Gasteiger partial charge in [-0.15, -0.1) is 5.10 Å². The summed E-state index contributed by atoms with van der Waals surface area (Å²) in [5, 5.41) is 13.2. The zero-order valence-electron chi connectivity index (χ0n) is 14.7. The van der Waals surface area contributed by atoms with Gasteiger partial charge in [-0.2, -0.15) is 4.52 Å². The highest BCUT2D eigenvalue weighted by molar-refractivity contribution is 5.84. The maximum atomic E-state index is 12.5. The summed E-state index contributed by atoms with van der Waals surface area (Å²) in [4.78, 5) is 14.2. The van der Waals surface area contributed by atoms with E-state index in [4.69, 9.17) is 4.42 Å². The van der Waals surface area contributed by atoms with Crippen LogP contribution in [-0.4, -0.2) is 30.8 Å². The Labute approximate surface area is 150 Å². The summed E-state index contributed by atoms with van der Waals surface area (Å²) >= 11 is 0. The molecule has 26 heavy (non-hydrogen) atoms. The molecule has 0 saturated heterocycles. The van der Waals surface area contributed by atoms with Crippen LogP contribution in [0.5, 0.6) is 0 Å². The molecule has 0 aliphatic carbocycles. The lowest BCUT2D eigenvalue weighted by Crippen LogP contribution is -2.29. The molecule has 0 atom stereocenters. The van der Waals surface area contributed by atoms with Crippen molar-refractivity contribution in [1.29, 1.82) is 0 Å². The van der Waals surface area contributed by atoms with E-state index in [-0.39, 0.29) is 5.91 Å². The van der Waals surface area contributed by atoms with Gasteiger partial charge >= 0.3 is 0 Å². The third-order valence-electron chi connectivity index (χ3n) is 4.44. The van der Waals surface area contributed by atoms with Crippen molar-refractivity contribution in [2.24, 2.45) is 0 Å². The average Bonchev–Trinajstić information content (AvgIpc) is 3.32. The van der Waals surface area contributed by atoms with E-state index < -0.39 is 0 Å². The fourth-order valence-electron chi connectivity index (χ4n) is 3.15. The molecule has 4 aromatic rings. The Morgan fingerprint density at radius 3 is 2.88 bits per heavy atom. The number of furan rings is 1. The van der Waals surface area contributed by atoms with E-state index in [1.807, 2.05) is 38.1 Å². The van der Waals surface area contributed by atoms with Crippen LogP contribution in [0.25, 0.3) is 16.6 Å². The fourth-order valence-corrected chi connectivity index (χ4v) is 3.15. The van der Waals surface area contributed by atoms with Gasteiger partial charge in [0.05, 0.1) is 18.3 Å². The fraction of sp³-hybridized carbons (Fsp3) is 0.263. The topological polar surface area (TPSA) is 76.5 Å². The molecular weight excluding hydrogens is 330 g/mol. The number of fused-ring (bicyclic) bond motifs is 3. The molecule has 7 heteroatoms. The Kier molecular flexibility index (Phi) is 4.12. The molecule has 7 nitrogen and oxygen atoms in total. The van der Waals surface area contributed by atoms with Gasteiger partial charge in [-0.3, -0.25) is 4.79 Å². The van der Waals surface area contributed by atoms with Gasteiger partial charge in [-0.05, 0) is 47.7 Å². The lowest BCUT2D eigenvalue weighted by molar-refractivity contribution is -0.132. The summed E-state index contributed by atoms with van der Waals surface area (Å²) in [6.45, 7) is 4.74. The summed E-state index contributed by atoms with van der Waals surface area (Å²) in [6, 6.07) is 11.9. The van der Waals surface area contributed by atoms with Gasteiger partial charge in [0, 0.05) is 23.9 Å². The molecule has 3 aromatic heterocycles. The van der Waals surface area contributed by atoms with Crippen molar-refractivity contribution in [3.63, 3.8) is 0 Å². The van der Waals surface area contributed by atoms with Crippen LogP contribution >= 0.6 is 0 Å². The van der Waals surface area contributed by atoms with Gasteiger partial charge in [0.2, 0.25) is 5.91 Å². The average molecular weight is 349 g/mol. The normalized spacial score (nSPS) is 11.3. The molecule has 1 aromatic carbocycles. The van der Waals surface area contributed by atoms with Crippen LogP contribution in [0.1, 0.15) is 30.2 Å². The number of carbonyl (C=O) groups excluding carboxylic acids is 1. The van der Waals surface area contributed by atoms with Gasteiger partial charge in [0.1, 0.15) is 5.76 Å². The second kappa shape index (κ2) is 6.59. The molecule has 1 amide bonds. The van der Waals surface area contributed by atoms with E-state index >= 15 is 0 Å². The minimum absolute atomic E-state index is 0.0522. The number of aromatic nitrogens is 4. The smallest absolute Gasteiger partial charge is 0.222 e.